The van der Waals surface area contributed by atoms with Crippen molar-refractivity contribution in [1.29, 1.82) is 0 Å². The standard InChI is InChI=1S/C20H31N3O/c21-15-17-5-4-6-19(17)20(24)22-18-9-7-16(8-10-18)11-14-23-12-2-1-3-13-23/h7-10,17,19H,1-6,11-15,21H2,(H,22,24)/t17-,19-/m1/s1. The van der Waals surface area contributed by atoms with Crippen LogP contribution in [0.25, 0.3) is 0 Å². The molecule has 2 fully saturated rings. The zero-order valence-electron chi connectivity index (χ0n) is 14.7. The number of nitrogens with zero attached hydrogens (tertiary/aromatic N) is 1. The van der Waals surface area contributed by atoms with Crippen molar-refractivity contribution in [3.63, 3.8) is 0 Å². The normalized spacial score (nSPS) is 24.9. The van der Waals surface area contributed by atoms with Crippen LogP contribution in [0.3, 0.4) is 0 Å². The van der Waals surface area contributed by atoms with Crippen LogP contribution in [-0.2, 0) is 11.2 Å². The van der Waals surface area contributed by atoms with Gasteiger partial charge >= 0.3 is 0 Å². The number of likely N-dealkylation sites (tertiary alicyclic amines) is 1. The number of nitrogens with one attached hydrogen (secondary N) is 1. The predicted molar refractivity (Wildman–Crippen MR) is 99.0 cm³/mol. The molecule has 1 saturated carbocycles. The zero-order valence-corrected chi connectivity index (χ0v) is 14.7. The van der Waals surface area contributed by atoms with Crippen molar-refractivity contribution < 1.29 is 4.79 Å². The second kappa shape index (κ2) is 8.63. The molecule has 1 saturated heterocycles. The summed E-state index contributed by atoms with van der Waals surface area (Å²) in [6, 6.07) is 8.37. The third kappa shape index (κ3) is 4.58. The third-order valence-corrected chi connectivity index (χ3v) is 5.69. The molecular weight excluding hydrogens is 298 g/mol. The van der Waals surface area contributed by atoms with E-state index in [-0.39, 0.29) is 11.8 Å². The molecule has 1 aliphatic heterocycles. The van der Waals surface area contributed by atoms with Gasteiger partial charge in [0, 0.05) is 18.2 Å². The summed E-state index contributed by atoms with van der Waals surface area (Å²) in [5.74, 6) is 0.589. The van der Waals surface area contributed by atoms with Crippen LogP contribution < -0.4 is 11.1 Å². The molecule has 2 atom stereocenters. The predicted octanol–water partition coefficient (Wildman–Crippen LogP) is 3.03. The van der Waals surface area contributed by atoms with Gasteiger partial charge in [-0.05, 0) is 75.4 Å². The molecule has 3 rings (SSSR count). The highest BCUT2D eigenvalue weighted by molar-refractivity contribution is 5.92. The van der Waals surface area contributed by atoms with E-state index in [4.69, 9.17) is 5.73 Å². The van der Waals surface area contributed by atoms with E-state index in [0.717, 1.165) is 37.9 Å². The van der Waals surface area contributed by atoms with E-state index in [9.17, 15) is 4.79 Å². The van der Waals surface area contributed by atoms with Crippen molar-refractivity contribution in [3.05, 3.63) is 29.8 Å². The molecule has 0 unspecified atom stereocenters. The largest absolute Gasteiger partial charge is 0.330 e. The van der Waals surface area contributed by atoms with E-state index in [0.29, 0.717) is 12.5 Å². The quantitative estimate of drug-likeness (QED) is 0.843. The number of benzene rings is 1. The van der Waals surface area contributed by atoms with E-state index < -0.39 is 0 Å². The average molecular weight is 329 g/mol. The van der Waals surface area contributed by atoms with Gasteiger partial charge < -0.3 is 16.0 Å². The van der Waals surface area contributed by atoms with E-state index in [1.165, 1.54) is 37.9 Å². The number of rotatable bonds is 6. The van der Waals surface area contributed by atoms with Crippen molar-refractivity contribution in [1.82, 2.24) is 4.90 Å². The molecule has 0 bridgehead atoms. The minimum Gasteiger partial charge on any atom is -0.330 e. The summed E-state index contributed by atoms with van der Waals surface area (Å²) < 4.78 is 0. The summed E-state index contributed by atoms with van der Waals surface area (Å²) >= 11 is 0. The molecule has 0 radical (unpaired) electrons. The van der Waals surface area contributed by atoms with Gasteiger partial charge in [0.05, 0.1) is 0 Å². The zero-order chi connectivity index (χ0) is 16.8. The smallest absolute Gasteiger partial charge is 0.227 e. The average Bonchev–Trinajstić information content (AvgIpc) is 3.11. The molecule has 1 amide bonds. The Balaban J connectivity index is 1.48. The molecule has 0 aromatic heterocycles. The van der Waals surface area contributed by atoms with Gasteiger partial charge in [-0.15, -0.1) is 0 Å². The van der Waals surface area contributed by atoms with Gasteiger partial charge in [0.15, 0.2) is 0 Å². The number of hydrogen-bond donors (Lipinski definition) is 2. The molecule has 1 heterocycles. The fourth-order valence-corrected chi connectivity index (χ4v) is 4.12. The number of carbonyl (C=O) groups excluding carboxylic acids is 1. The molecule has 1 aromatic rings. The van der Waals surface area contributed by atoms with E-state index >= 15 is 0 Å². The van der Waals surface area contributed by atoms with Gasteiger partial charge in [0.2, 0.25) is 5.91 Å². The summed E-state index contributed by atoms with van der Waals surface area (Å²) in [7, 11) is 0. The van der Waals surface area contributed by atoms with Crippen molar-refractivity contribution in [2.75, 3.05) is 31.5 Å². The number of hydrogen-bond acceptors (Lipinski definition) is 3. The molecule has 24 heavy (non-hydrogen) atoms. The maximum atomic E-state index is 12.4. The molecule has 4 heteroatoms. The Morgan fingerprint density at radius 3 is 2.54 bits per heavy atom. The molecule has 132 valence electrons. The van der Waals surface area contributed by atoms with Crippen LogP contribution >= 0.6 is 0 Å². The SMILES string of the molecule is NC[C@H]1CCC[C@H]1C(=O)Nc1ccc(CCN2CCCCC2)cc1. The van der Waals surface area contributed by atoms with Crippen LogP contribution in [0.4, 0.5) is 5.69 Å². The van der Waals surface area contributed by atoms with E-state index in [1.807, 2.05) is 12.1 Å². The molecule has 1 aromatic carbocycles. The van der Waals surface area contributed by atoms with E-state index in [1.54, 1.807) is 0 Å². The second-order valence-corrected chi connectivity index (χ2v) is 7.37. The lowest BCUT2D eigenvalue weighted by atomic mass is 9.95. The first-order chi connectivity index (χ1) is 11.8. The highest BCUT2D eigenvalue weighted by Gasteiger charge is 2.31. The van der Waals surface area contributed by atoms with Gasteiger partial charge in [0.1, 0.15) is 0 Å². The van der Waals surface area contributed by atoms with Crippen LogP contribution in [0.5, 0.6) is 0 Å². The topological polar surface area (TPSA) is 58.4 Å². The number of piperidine rings is 1. The van der Waals surface area contributed by atoms with Gasteiger partial charge in [0.25, 0.3) is 0 Å². The first-order valence-corrected chi connectivity index (χ1v) is 9.58. The lowest BCUT2D eigenvalue weighted by Gasteiger charge is -2.26. The number of carbonyl (C=O) groups is 1. The van der Waals surface area contributed by atoms with Crippen LogP contribution in [0, 0.1) is 11.8 Å². The summed E-state index contributed by atoms with van der Waals surface area (Å²) in [5.41, 5.74) is 8.04. The molecular formula is C20H31N3O. The van der Waals surface area contributed by atoms with Crippen molar-refractivity contribution >= 4 is 11.6 Å². The fourth-order valence-electron chi connectivity index (χ4n) is 4.12. The Bertz CT molecular complexity index is 522. The first kappa shape index (κ1) is 17.4. The van der Waals surface area contributed by atoms with Crippen molar-refractivity contribution in [2.24, 2.45) is 17.6 Å². The van der Waals surface area contributed by atoms with Gasteiger partial charge in [-0.25, -0.2) is 0 Å². The Hall–Kier alpha value is -1.39. The highest BCUT2D eigenvalue weighted by atomic mass is 16.1. The molecule has 3 N–H and O–H groups in total. The Morgan fingerprint density at radius 2 is 1.83 bits per heavy atom. The number of anilines is 1. The van der Waals surface area contributed by atoms with Crippen LogP contribution in [-0.4, -0.2) is 37.0 Å². The minimum atomic E-state index is 0.0915. The van der Waals surface area contributed by atoms with Gasteiger partial charge in [-0.3, -0.25) is 4.79 Å². The lowest BCUT2D eigenvalue weighted by Crippen LogP contribution is -2.31. The maximum Gasteiger partial charge on any atom is 0.227 e. The molecule has 2 aliphatic rings. The van der Waals surface area contributed by atoms with E-state index in [2.05, 4.69) is 22.3 Å². The maximum absolute atomic E-state index is 12.4. The fraction of sp³-hybridized carbons (Fsp3) is 0.650. The molecule has 0 spiro atoms. The van der Waals surface area contributed by atoms with Crippen LogP contribution in [0.1, 0.15) is 44.1 Å². The van der Waals surface area contributed by atoms with Gasteiger partial charge in [-0.1, -0.05) is 25.0 Å². The Labute approximate surface area is 145 Å². The monoisotopic (exact) mass is 329 g/mol. The van der Waals surface area contributed by atoms with Gasteiger partial charge in [-0.2, -0.15) is 0 Å². The minimum absolute atomic E-state index is 0.0915. The van der Waals surface area contributed by atoms with Crippen LogP contribution in [0.15, 0.2) is 24.3 Å². The van der Waals surface area contributed by atoms with Crippen molar-refractivity contribution in [3.8, 4) is 0 Å². The summed E-state index contributed by atoms with van der Waals surface area (Å²) in [4.78, 5) is 15.0. The second-order valence-electron chi connectivity index (χ2n) is 7.37. The Morgan fingerprint density at radius 1 is 1.08 bits per heavy atom. The number of nitrogens with two attached hydrogens (primary N) is 1. The third-order valence-electron chi connectivity index (χ3n) is 5.69. The summed E-state index contributed by atoms with van der Waals surface area (Å²) in [5, 5.41) is 3.08. The number of amides is 1. The first-order valence-electron chi connectivity index (χ1n) is 9.58. The lowest BCUT2D eigenvalue weighted by molar-refractivity contribution is -0.120. The summed E-state index contributed by atoms with van der Waals surface area (Å²) in [6.45, 7) is 4.26. The highest BCUT2D eigenvalue weighted by Crippen LogP contribution is 2.31. The molecule has 4 nitrogen and oxygen atoms in total. The van der Waals surface area contributed by atoms with Crippen LogP contribution in [0.2, 0.25) is 0 Å². The van der Waals surface area contributed by atoms with Crippen molar-refractivity contribution in [2.45, 2.75) is 44.9 Å². The molecule has 1 aliphatic carbocycles. The summed E-state index contributed by atoms with van der Waals surface area (Å²) in [6.07, 6.45) is 8.34. The Kier molecular flexibility index (Phi) is 6.27.